The number of para-hydroxylation sites is 2. The fourth-order valence-corrected chi connectivity index (χ4v) is 3.75. The Labute approximate surface area is 137 Å². The number of halogens is 1. The molecule has 1 heterocycles. The van der Waals surface area contributed by atoms with Gasteiger partial charge < -0.3 is 10.3 Å². The van der Waals surface area contributed by atoms with Gasteiger partial charge in [-0.05, 0) is 29.8 Å². The molecule has 2 N–H and O–H groups in total. The molecule has 0 saturated carbocycles. The van der Waals surface area contributed by atoms with Crippen LogP contribution in [0.4, 0.5) is 4.39 Å². The lowest BCUT2D eigenvalue weighted by molar-refractivity contribution is -0.115. The third kappa shape index (κ3) is 3.13. The number of primary amides is 1. The van der Waals surface area contributed by atoms with E-state index in [-0.39, 0.29) is 11.7 Å². The maximum Gasteiger partial charge on any atom is 0.233 e. The highest BCUT2D eigenvalue weighted by molar-refractivity contribution is 7.92. The van der Waals surface area contributed by atoms with Gasteiger partial charge in [0.25, 0.3) is 0 Å². The first-order valence-electron chi connectivity index (χ1n) is 7.07. The van der Waals surface area contributed by atoms with Gasteiger partial charge in [0.15, 0.2) is 0 Å². The number of hydrogen-bond donors (Lipinski definition) is 1. The van der Waals surface area contributed by atoms with Gasteiger partial charge in [0, 0.05) is 0 Å². The number of aromatic nitrogens is 2. The van der Waals surface area contributed by atoms with Crippen LogP contribution in [0.3, 0.4) is 0 Å². The summed E-state index contributed by atoms with van der Waals surface area (Å²) in [5.74, 6) is -2.21. The maximum absolute atomic E-state index is 13.4. The molecule has 1 aromatic heterocycles. The maximum atomic E-state index is 13.4. The van der Waals surface area contributed by atoms with Crippen LogP contribution in [0.2, 0.25) is 0 Å². The number of carbonyl (C=O) groups excluding carboxylic acids is 1. The molecule has 0 aliphatic carbocycles. The number of sulfone groups is 1. The van der Waals surface area contributed by atoms with E-state index in [4.69, 9.17) is 5.73 Å². The van der Waals surface area contributed by atoms with Crippen molar-refractivity contribution < 1.29 is 17.6 Å². The molecule has 0 saturated heterocycles. The van der Waals surface area contributed by atoms with E-state index in [1.54, 1.807) is 36.4 Å². The molecule has 8 heteroatoms. The van der Waals surface area contributed by atoms with Crippen molar-refractivity contribution in [2.24, 2.45) is 5.73 Å². The molecule has 0 atom stereocenters. The molecule has 0 fully saturated rings. The Balaban J connectivity index is 2.17. The van der Waals surface area contributed by atoms with E-state index in [1.807, 2.05) is 0 Å². The fourth-order valence-electron chi connectivity index (χ4n) is 2.51. The van der Waals surface area contributed by atoms with E-state index in [0.29, 0.717) is 16.6 Å². The Bertz CT molecular complexity index is 1030. The number of benzene rings is 2. The highest BCUT2D eigenvalue weighted by atomic mass is 32.2. The standard InChI is InChI=1S/C16H14FN3O3S/c17-12-5-3-4-11(8-12)9-20-14-7-2-1-6-13(14)19-16(20)24(22,23)10-15(18)21/h1-8H,9-10H2,(H2,18,21). The summed E-state index contributed by atoms with van der Waals surface area (Å²) in [5.41, 5.74) is 6.65. The summed E-state index contributed by atoms with van der Waals surface area (Å²) in [4.78, 5) is 15.2. The van der Waals surface area contributed by atoms with Crippen molar-refractivity contribution in [1.82, 2.24) is 9.55 Å². The van der Waals surface area contributed by atoms with Gasteiger partial charge in [-0.3, -0.25) is 4.79 Å². The largest absolute Gasteiger partial charge is 0.369 e. The van der Waals surface area contributed by atoms with Crippen LogP contribution in [0.5, 0.6) is 0 Å². The molecule has 0 spiro atoms. The molecule has 0 bridgehead atoms. The van der Waals surface area contributed by atoms with Crippen LogP contribution in [0, 0.1) is 5.82 Å². The molecule has 2 aromatic carbocycles. The van der Waals surface area contributed by atoms with Crippen LogP contribution in [-0.4, -0.2) is 29.6 Å². The van der Waals surface area contributed by atoms with Gasteiger partial charge >= 0.3 is 0 Å². The number of rotatable bonds is 5. The molecule has 24 heavy (non-hydrogen) atoms. The quantitative estimate of drug-likeness (QED) is 0.756. The molecule has 0 radical (unpaired) electrons. The molecule has 1 amide bonds. The summed E-state index contributed by atoms with van der Waals surface area (Å²) in [6.07, 6.45) is 0. The van der Waals surface area contributed by atoms with Crippen LogP contribution in [0.1, 0.15) is 5.56 Å². The third-order valence-electron chi connectivity index (χ3n) is 3.46. The summed E-state index contributed by atoms with van der Waals surface area (Å²) in [6.45, 7) is 0.103. The van der Waals surface area contributed by atoms with Crippen molar-refractivity contribution in [3.05, 3.63) is 59.9 Å². The molecule has 6 nitrogen and oxygen atoms in total. The number of nitrogens with zero attached hydrogens (tertiary/aromatic N) is 2. The highest BCUT2D eigenvalue weighted by Gasteiger charge is 2.25. The first-order valence-corrected chi connectivity index (χ1v) is 8.73. The smallest absolute Gasteiger partial charge is 0.233 e. The van der Waals surface area contributed by atoms with Crippen molar-refractivity contribution in [3.8, 4) is 0 Å². The van der Waals surface area contributed by atoms with Crippen molar-refractivity contribution in [2.75, 3.05) is 5.75 Å². The Morgan fingerprint density at radius 2 is 1.92 bits per heavy atom. The lowest BCUT2D eigenvalue weighted by Crippen LogP contribution is -2.25. The number of imidazole rings is 1. The molecule has 124 valence electrons. The lowest BCUT2D eigenvalue weighted by atomic mass is 10.2. The van der Waals surface area contributed by atoms with E-state index >= 15 is 0 Å². The van der Waals surface area contributed by atoms with Gasteiger partial charge in [0.05, 0.1) is 17.6 Å². The first-order chi connectivity index (χ1) is 11.4. The van der Waals surface area contributed by atoms with Crippen molar-refractivity contribution >= 4 is 26.8 Å². The summed E-state index contributed by atoms with van der Waals surface area (Å²) in [5, 5.41) is -0.258. The Kier molecular flexibility index (Phi) is 4.06. The minimum atomic E-state index is -4.00. The zero-order valence-electron chi connectivity index (χ0n) is 12.5. The van der Waals surface area contributed by atoms with Crippen molar-refractivity contribution in [2.45, 2.75) is 11.7 Å². The average molecular weight is 347 g/mol. The van der Waals surface area contributed by atoms with Crippen LogP contribution >= 0.6 is 0 Å². The highest BCUT2D eigenvalue weighted by Crippen LogP contribution is 2.22. The summed E-state index contributed by atoms with van der Waals surface area (Å²) < 4.78 is 39.7. The number of carbonyl (C=O) groups is 1. The van der Waals surface area contributed by atoms with Crippen molar-refractivity contribution in [3.63, 3.8) is 0 Å². The van der Waals surface area contributed by atoms with Crippen LogP contribution in [0.15, 0.2) is 53.7 Å². The molecular formula is C16H14FN3O3S. The second kappa shape index (κ2) is 6.04. The SMILES string of the molecule is NC(=O)CS(=O)(=O)c1nc2ccccc2n1Cc1cccc(F)c1. The minimum Gasteiger partial charge on any atom is -0.369 e. The third-order valence-corrected chi connectivity index (χ3v) is 4.99. The van der Waals surface area contributed by atoms with E-state index in [0.717, 1.165) is 0 Å². The molecular weight excluding hydrogens is 333 g/mol. The molecule has 0 unspecified atom stereocenters. The molecule has 3 rings (SSSR count). The number of hydrogen-bond acceptors (Lipinski definition) is 4. The molecule has 0 aliphatic heterocycles. The Morgan fingerprint density at radius 3 is 2.62 bits per heavy atom. The summed E-state index contributed by atoms with van der Waals surface area (Å²) in [7, 11) is -4.00. The summed E-state index contributed by atoms with van der Waals surface area (Å²) >= 11 is 0. The predicted octanol–water partition coefficient (Wildman–Crippen LogP) is 1.48. The number of amides is 1. The van der Waals surface area contributed by atoms with Crippen LogP contribution in [0.25, 0.3) is 11.0 Å². The minimum absolute atomic E-state index is 0.103. The topological polar surface area (TPSA) is 95.1 Å². The Hall–Kier alpha value is -2.74. The van der Waals surface area contributed by atoms with E-state index < -0.39 is 27.3 Å². The second-order valence-electron chi connectivity index (χ2n) is 5.32. The fraction of sp³-hybridized carbons (Fsp3) is 0.125. The van der Waals surface area contributed by atoms with Gasteiger partial charge in [-0.25, -0.2) is 17.8 Å². The van der Waals surface area contributed by atoms with Crippen LogP contribution in [-0.2, 0) is 21.2 Å². The number of nitrogens with two attached hydrogens (primary N) is 1. The van der Waals surface area contributed by atoms with Gasteiger partial charge in [0.2, 0.25) is 20.9 Å². The van der Waals surface area contributed by atoms with Gasteiger partial charge in [0.1, 0.15) is 11.6 Å². The predicted molar refractivity (Wildman–Crippen MR) is 86.5 cm³/mol. The van der Waals surface area contributed by atoms with Gasteiger partial charge in [-0.2, -0.15) is 0 Å². The van der Waals surface area contributed by atoms with E-state index in [1.165, 1.54) is 16.7 Å². The monoisotopic (exact) mass is 347 g/mol. The lowest BCUT2D eigenvalue weighted by Gasteiger charge is -2.09. The normalized spacial score (nSPS) is 11.7. The first kappa shape index (κ1) is 16.1. The van der Waals surface area contributed by atoms with Crippen molar-refractivity contribution in [1.29, 1.82) is 0 Å². The molecule has 3 aromatic rings. The zero-order chi connectivity index (χ0) is 17.3. The Morgan fingerprint density at radius 1 is 1.17 bits per heavy atom. The summed E-state index contributed by atoms with van der Waals surface area (Å²) in [6, 6.07) is 12.7. The molecule has 0 aliphatic rings. The zero-order valence-corrected chi connectivity index (χ0v) is 13.3. The second-order valence-corrected chi connectivity index (χ2v) is 7.21. The average Bonchev–Trinajstić information content (AvgIpc) is 2.86. The number of fused-ring (bicyclic) bond motifs is 1. The van der Waals surface area contributed by atoms with Gasteiger partial charge in [-0.15, -0.1) is 0 Å². The van der Waals surface area contributed by atoms with E-state index in [9.17, 15) is 17.6 Å². The van der Waals surface area contributed by atoms with Crippen LogP contribution < -0.4 is 5.73 Å². The van der Waals surface area contributed by atoms with E-state index in [2.05, 4.69) is 4.98 Å². The van der Waals surface area contributed by atoms with Gasteiger partial charge in [-0.1, -0.05) is 24.3 Å².